The van der Waals surface area contributed by atoms with Gasteiger partial charge in [0.05, 0.1) is 5.39 Å². The van der Waals surface area contributed by atoms with Gasteiger partial charge >= 0.3 is 0 Å². The topological polar surface area (TPSA) is 96.8 Å². The van der Waals surface area contributed by atoms with Crippen molar-refractivity contribution < 1.29 is 9.13 Å². The molecule has 0 radical (unpaired) electrons. The first kappa shape index (κ1) is 13.2. The average molecular weight is 301 g/mol. The Hall–Kier alpha value is -2.76. The van der Waals surface area contributed by atoms with Crippen LogP contribution in [0.25, 0.3) is 10.2 Å². The molecular weight excluding hydrogens is 293 g/mol. The summed E-state index contributed by atoms with van der Waals surface area (Å²) in [7, 11) is 0. The van der Waals surface area contributed by atoms with Gasteiger partial charge in [0, 0.05) is 0 Å². The summed E-state index contributed by atoms with van der Waals surface area (Å²) in [6.45, 7) is 0. The highest BCUT2D eigenvalue weighted by atomic mass is 32.1. The number of hydrazine groups is 1. The van der Waals surface area contributed by atoms with Crippen molar-refractivity contribution in [3.8, 4) is 17.7 Å². The number of nitrogens with one attached hydrogen (secondary N) is 1. The molecule has 8 heteroatoms. The highest BCUT2D eigenvalue weighted by Gasteiger charge is 2.14. The van der Waals surface area contributed by atoms with E-state index in [0.29, 0.717) is 10.2 Å². The summed E-state index contributed by atoms with van der Waals surface area (Å²) in [6.07, 6.45) is 0. The second kappa shape index (κ2) is 5.32. The van der Waals surface area contributed by atoms with E-state index in [2.05, 4.69) is 15.4 Å². The third kappa shape index (κ3) is 2.35. The predicted octanol–water partition coefficient (Wildman–Crippen LogP) is 2.78. The molecule has 3 N–H and O–H groups in total. The van der Waals surface area contributed by atoms with Gasteiger partial charge in [-0.1, -0.05) is 6.07 Å². The molecule has 0 aliphatic carbocycles. The van der Waals surface area contributed by atoms with Crippen LogP contribution < -0.4 is 16.0 Å². The van der Waals surface area contributed by atoms with Crippen molar-refractivity contribution in [1.82, 2.24) is 9.97 Å². The number of hydrogen-bond donors (Lipinski definition) is 2. The number of rotatable bonds is 3. The van der Waals surface area contributed by atoms with Crippen molar-refractivity contribution in [3.05, 3.63) is 41.0 Å². The van der Waals surface area contributed by atoms with Crippen molar-refractivity contribution in [1.29, 1.82) is 5.26 Å². The van der Waals surface area contributed by atoms with Crippen LogP contribution in [-0.4, -0.2) is 9.97 Å². The second-order valence-corrected chi connectivity index (χ2v) is 4.86. The summed E-state index contributed by atoms with van der Waals surface area (Å²) >= 11 is 1.39. The van der Waals surface area contributed by atoms with Gasteiger partial charge in [-0.3, -0.25) is 5.43 Å². The lowest BCUT2D eigenvalue weighted by molar-refractivity contribution is 0.462. The Morgan fingerprint density at radius 3 is 2.95 bits per heavy atom. The van der Waals surface area contributed by atoms with Crippen LogP contribution in [0.1, 0.15) is 5.56 Å². The highest BCUT2D eigenvalue weighted by molar-refractivity contribution is 7.16. The Bertz CT molecular complexity index is 857. The molecule has 0 aliphatic heterocycles. The average Bonchev–Trinajstić information content (AvgIpc) is 2.96. The monoisotopic (exact) mass is 301 g/mol. The van der Waals surface area contributed by atoms with E-state index in [0.717, 1.165) is 0 Å². The molecule has 2 aromatic heterocycles. The SMILES string of the molecule is N#Cc1c(F)cccc1Oc1nc(NN)nc2sccc12. The number of anilines is 1. The lowest BCUT2D eigenvalue weighted by Crippen LogP contribution is -2.10. The minimum Gasteiger partial charge on any atom is -0.437 e. The molecule has 0 amide bonds. The molecule has 6 nitrogen and oxygen atoms in total. The number of nitrogens with two attached hydrogens (primary N) is 1. The van der Waals surface area contributed by atoms with Gasteiger partial charge in [0.25, 0.3) is 0 Å². The molecule has 3 rings (SSSR count). The van der Waals surface area contributed by atoms with Crippen LogP contribution in [0.3, 0.4) is 0 Å². The van der Waals surface area contributed by atoms with E-state index in [1.54, 1.807) is 12.1 Å². The molecule has 0 bridgehead atoms. The summed E-state index contributed by atoms with van der Waals surface area (Å²) in [5.74, 6) is 5.13. The molecule has 1 aromatic carbocycles. The number of halogens is 1. The molecule has 0 aliphatic rings. The lowest BCUT2D eigenvalue weighted by atomic mass is 10.2. The standard InChI is InChI=1S/C13H8FN5OS/c14-9-2-1-3-10(8(9)6-15)20-11-7-4-5-21-12(7)18-13(17-11)19-16/h1-5H,16H2,(H,17,18,19). The normalized spacial score (nSPS) is 10.3. The van der Waals surface area contributed by atoms with Crippen LogP contribution in [-0.2, 0) is 0 Å². The number of fused-ring (bicyclic) bond motifs is 1. The summed E-state index contributed by atoms with van der Waals surface area (Å²) < 4.78 is 19.2. The second-order valence-electron chi connectivity index (χ2n) is 3.96. The van der Waals surface area contributed by atoms with Crippen molar-refractivity contribution in [3.63, 3.8) is 0 Å². The molecule has 0 saturated heterocycles. The zero-order chi connectivity index (χ0) is 14.8. The van der Waals surface area contributed by atoms with Crippen LogP contribution in [0.4, 0.5) is 10.3 Å². The fourth-order valence-corrected chi connectivity index (χ4v) is 2.53. The molecule has 104 valence electrons. The Morgan fingerprint density at radius 1 is 1.33 bits per heavy atom. The Morgan fingerprint density at radius 2 is 2.19 bits per heavy atom. The van der Waals surface area contributed by atoms with Gasteiger partial charge in [-0.25, -0.2) is 15.2 Å². The van der Waals surface area contributed by atoms with Gasteiger partial charge in [-0.05, 0) is 23.6 Å². The van der Waals surface area contributed by atoms with Gasteiger partial charge in [0.1, 0.15) is 28.0 Å². The predicted molar refractivity (Wildman–Crippen MR) is 76.4 cm³/mol. The fourth-order valence-electron chi connectivity index (χ4n) is 1.77. The van der Waals surface area contributed by atoms with Gasteiger partial charge in [-0.2, -0.15) is 10.2 Å². The Kier molecular flexibility index (Phi) is 3.35. The maximum absolute atomic E-state index is 13.6. The minimum absolute atomic E-state index is 0.0895. The molecule has 0 spiro atoms. The van der Waals surface area contributed by atoms with Crippen molar-refractivity contribution in [2.75, 3.05) is 5.43 Å². The molecule has 21 heavy (non-hydrogen) atoms. The van der Waals surface area contributed by atoms with Crippen LogP contribution in [0.2, 0.25) is 0 Å². The maximum atomic E-state index is 13.6. The molecule has 0 unspecified atom stereocenters. The quantitative estimate of drug-likeness (QED) is 0.570. The van der Waals surface area contributed by atoms with E-state index in [4.69, 9.17) is 15.8 Å². The van der Waals surface area contributed by atoms with E-state index in [-0.39, 0.29) is 23.1 Å². The van der Waals surface area contributed by atoms with Crippen LogP contribution in [0.5, 0.6) is 11.6 Å². The summed E-state index contributed by atoms with van der Waals surface area (Å²) in [4.78, 5) is 8.93. The third-order valence-corrected chi connectivity index (χ3v) is 3.52. The molecule has 0 fully saturated rings. The van der Waals surface area contributed by atoms with Gasteiger partial charge in [0.2, 0.25) is 11.8 Å². The molecule has 0 saturated carbocycles. The first-order chi connectivity index (χ1) is 10.2. The Balaban J connectivity index is 2.12. The lowest BCUT2D eigenvalue weighted by Gasteiger charge is -2.09. The van der Waals surface area contributed by atoms with Gasteiger partial charge < -0.3 is 4.74 Å². The summed E-state index contributed by atoms with van der Waals surface area (Å²) in [5, 5.41) is 11.5. The molecule has 3 aromatic rings. The number of nitriles is 1. The van der Waals surface area contributed by atoms with Crippen LogP contribution >= 0.6 is 11.3 Å². The van der Waals surface area contributed by atoms with E-state index < -0.39 is 5.82 Å². The first-order valence-electron chi connectivity index (χ1n) is 5.81. The number of thiophene rings is 1. The van der Waals surface area contributed by atoms with Crippen LogP contribution in [0, 0.1) is 17.1 Å². The highest BCUT2D eigenvalue weighted by Crippen LogP contribution is 2.33. The number of hydrogen-bond acceptors (Lipinski definition) is 7. The number of aromatic nitrogens is 2. The number of benzene rings is 1. The van der Waals surface area contributed by atoms with Gasteiger partial charge in [0.15, 0.2) is 0 Å². The van der Waals surface area contributed by atoms with E-state index in [1.165, 1.54) is 29.5 Å². The van der Waals surface area contributed by atoms with Crippen LogP contribution in [0.15, 0.2) is 29.6 Å². The number of nitrogens with zero attached hydrogens (tertiary/aromatic N) is 3. The minimum atomic E-state index is -0.650. The van der Waals surface area contributed by atoms with Crippen molar-refractivity contribution in [2.45, 2.75) is 0 Å². The first-order valence-corrected chi connectivity index (χ1v) is 6.69. The number of ether oxygens (including phenoxy) is 1. The zero-order valence-electron chi connectivity index (χ0n) is 10.5. The third-order valence-electron chi connectivity index (χ3n) is 2.71. The number of nitrogen functional groups attached to an aromatic ring is 1. The summed E-state index contributed by atoms with van der Waals surface area (Å²) in [6, 6.07) is 7.70. The maximum Gasteiger partial charge on any atom is 0.241 e. The van der Waals surface area contributed by atoms with E-state index in [9.17, 15) is 4.39 Å². The summed E-state index contributed by atoms with van der Waals surface area (Å²) in [5.41, 5.74) is 2.16. The smallest absolute Gasteiger partial charge is 0.241 e. The zero-order valence-corrected chi connectivity index (χ0v) is 11.3. The molecule has 0 atom stereocenters. The Labute approximate surface area is 122 Å². The van der Waals surface area contributed by atoms with Crippen molar-refractivity contribution >= 4 is 27.5 Å². The van der Waals surface area contributed by atoms with E-state index >= 15 is 0 Å². The van der Waals surface area contributed by atoms with Gasteiger partial charge in [-0.15, -0.1) is 11.3 Å². The van der Waals surface area contributed by atoms with Crippen molar-refractivity contribution in [2.24, 2.45) is 5.84 Å². The molecular formula is C13H8FN5OS. The largest absolute Gasteiger partial charge is 0.437 e. The molecule has 2 heterocycles. The van der Waals surface area contributed by atoms with E-state index in [1.807, 2.05) is 5.38 Å². The fraction of sp³-hybridized carbons (Fsp3) is 0.